The quantitative estimate of drug-likeness (QED) is 0.174. The summed E-state index contributed by atoms with van der Waals surface area (Å²) in [5.74, 6) is 1.92. The number of hydrogen-bond donors (Lipinski definition) is 0. The maximum absolute atomic E-state index is 6.37. The molecular formula is C59H46O2. The molecule has 2 nitrogen and oxygen atoms in total. The molecule has 0 aliphatic heterocycles. The maximum Gasteiger partial charge on any atom is 0.134 e. The zero-order valence-electron chi connectivity index (χ0n) is 36.0. The number of furan rings is 2. The Morgan fingerprint density at radius 3 is 1.00 bits per heavy atom. The van der Waals surface area contributed by atoms with Gasteiger partial charge in [-0.2, -0.15) is 0 Å². The average molecular weight is 787 g/mol. The smallest absolute Gasteiger partial charge is 0.134 e. The number of para-hydroxylation sites is 2. The largest absolute Gasteiger partial charge is 0.461 e. The van der Waals surface area contributed by atoms with Crippen molar-refractivity contribution < 1.29 is 8.83 Å². The fourth-order valence-corrected chi connectivity index (χ4v) is 12.3. The zero-order valence-corrected chi connectivity index (χ0v) is 36.0. The lowest BCUT2D eigenvalue weighted by Crippen LogP contribution is -2.17. The van der Waals surface area contributed by atoms with E-state index in [1.807, 2.05) is 0 Å². The first-order chi connectivity index (χ1) is 29.4. The van der Waals surface area contributed by atoms with Gasteiger partial charge >= 0.3 is 0 Å². The molecule has 2 aromatic heterocycles. The molecule has 61 heavy (non-hydrogen) atoms. The third-order valence-electron chi connectivity index (χ3n) is 15.4. The molecule has 0 bridgehead atoms. The highest BCUT2D eigenvalue weighted by Gasteiger charge is 2.46. The first kappa shape index (κ1) is 35.1. The molecule has 3 aliphatic rings. The molecule has 0 spiro atoms. The number of aryl methyl sites for hydroxylation is 2. The van der Waals surface area contributed by atoms with Crippen LogP contribution >= 0.6 is 0 Å². The van der Waals surface area contributed by atoms with Crippen molar-refractivity contribution in [2.75, 3.05) is 0 Å². The van der Waals surface area contributed by atoms with Crippen LogP contribution < -0.4 is 0 Å². The predicted molar refractivity (Wildman–Crippen MR) is 254 cm³/mol. The highest BCUT2D eigenvalue weighted by Crippen LogP contribution is 2.62. The SMILES string of the molecule is Cc1oc2ccccc2c1-c1cc2c(c3ccccc13)-c1cc3c(cc1C2(C)C)-c1cc2c(cc1C3(C)C)-c1c(cc(-c3c(C)oc4ccccc34)c3ccccc13)C2(C)C. The summed E-state index contributed by atoms with van der Waals surface area (Å²) >= 11 is 0. The van der Waals surface area contributed by atoms with Gasteiger partial charge in [0, 0.05) is 38.1 Å². The van der Waals surface area contributed by atoms with Gasteiger partial charge in [0.05, 0.1) is 0 Å². The second kappa shape index (κ2) is 11.4. The molecule has 2 heterocycles. The molecule has 0 radical (unpaired) electrons. The molecule has 0 amide bonds. The molecule has 294 valence electrons. The van der Waals surface area contributed by atoms with Crippen LogP contribution in [-0.4, -0.2) is 0 Å². The van der Waals surface area contributed by atoms with Gasteiger partial charge in [-0.25, -0.2) is 0 Å². The molecule has 0 fully saturated rings. The van der Waals surface area contributed by atoms with Crippen molar-refractivity contribution in [3.8, 4) is 55.6 Å². The molecule has 13 rings (SSSR count). The first-order valence-electron chi connectivity index (χ1n) is 21.8. The third-order valence-corrected chi connectivity index (χ3v) is 15.4. The predicted octanol–water partition coefficient (Wildman–Crippen LogP) is 16.4. The topological polar surface area (TPSA) is 26.3 Å². The Hall–Kier alpha value is -6.64. The summed E-state index contributed by atoms with van der Waals surface area (Å²) in [6, 6.07) is 50.3. The van der Waals surface area contributed by atoms with Crippen molar-refractivity contribution in [3.05, 3.63) is 178 Å². The summed E-state index contributed by atoms with van der Waals surface area (Å²) in [6.45, 7) is 18.8. The first-order valence-corrected chi connectivity index (χ1v) is 21.8. The second-order valence-electron chi connectivity index (χ2n) is 19.6. The van der Waals surface area contributed by atoms with Gasteiger partial charge in [-0.15, -0.1) is 0 Å². The van der Waals surface area contributed by atoms with Crippen molar-refractivity contribution in [1.29, 1.82) is 0 Å². The van der Waals surface area contributed by atoms with Crippen molar-refractivity contribution >= 4 is 43.5 Å². The fraction of sp³-hybridized carbons (Fsp3) is 0.186. The van der Waals surface area contributed by atoms with Crippen LogP contribution in [0.3, 0.4) is 0 Å². The highest BCUT2D eigenvalue weighted by molar-refractivity contribution is 6.15. The zero-order chi connectivity index (χ0) is 41.5. The van der Waals surface area contributed by atoms with E-state index in [1.165, 1.54) is 121 Å². The van der Waals surface area contributed by atoms with Crippen LogP contribution in [0.15, 0.2) is 142 Å². The van der Waals surface area contributed by atoms with E-state index in [1.54, 1.807) is 0 Å². The highest BCUT2D eigenvalue weighted by atomic mass is 16.3. The molecule has 0 unspecified atom stereocenters. The number of hydrogen-bond acceptors (Lipinski definition) is 2. The number of rotatable bonds is 2. The molecule has 2 heteroatoms. The van der Waals surface area contributed by atoms with E-state index in [2.05, 4.69) is 189 Å². The number of benzene rings is 8. The maximum atomic E-state index is 6.37. The minimum absolute atomic E-state index is 0.195. The van der Waals surface area contributed by atoms with Crippen LogP contribution in [0.4, 0.5) is 0 Å². The molecule has 0 atom stereocenters. The number of fused-ring (bicyclic) bond motifs is 15. The van der Waals surface area contributed by atoms with Crippen LogP contribution in [0, 0.1) is 13.8 Å². The van der Waals surface area contributed by atoms with Crippen LogP contribution in [0.2, 0.25) is 0 Å². The van der Waals surface area contributed by atoms with Gasteiger partial charge in [-0.3, -0.25) is 0 Å². The summed E-state index contributed by atoms with van der Waals surface area (Å²) in [4.78, 5) is 0. The molecule has 0 N–H and O–H groups in total. The van der Waals surface area contributed by atoms with Gasteiger partial charge in [0.25, 0.3) is 0 Å². The van der Waals surface area contributed by atoms with Crippen LogP contribution in [0.25, 0.3) is 99.1 Å². The van der Waals surface area contributed by atoms with Crippen LogP contribution in [0.1, 0.15) is 86.4 Å². The Morgan fingerprint density at radius 1 is 0.295 bits per heavy atom. The van der Waals surface area contributed by atoms with Gasteiger partial charge < -0.3 is 8.83 Å². The molecule has 3 aliphatic carbocycles. The fourth-order valence-electron chi connectivity index (χ4n) is 12.3. The van der Waals surface area contributed by atoms with Gasteiger partial charge in [0.1, 0.15) is 22.7 Å². The lowest BCUT2D eigenvalue weighted by Gasteiger charge is -2.25. The molecule has 10 aromatic rings. The molecule has 0 saturated heterocycles. The third kappa shape index (κ3) is 4.28. The van der Waals surface area contributed by atoms with E-state index in [-0.39, 0.29) is 16.2 Å². The minimum atomic E-state index is -0.213. The molecular weight excluding hydrogens is 741 g/mol. The van der Waals surface area contributed by atoms with Gasteiger partial charge in [0.2, 0.25) is 0 Å². The Labute approximate surface area is 356 Å². The van der Waals surface area contributed by atoms with E-state index in [4.69, 9.17) is 8.83 Å². The summed E-state index contributed by atoms with van der Waals surface area (Å²) in [7, 11) is 0. The molecule has 8 aromatic carbocycles. The van der Waals surface area contributed by atoms with E-state index in [0.717, 1.165) is 22.7 Å². The lowest BCUT2D eigenvalue weighted by molar-refractivity contribution is 0.579. The summed E-state index contributed by atoms with van der Waals surface area (Å²) in [5, 5.41) is 7.49. The lowest BCUT2D eigenvalue weighted by atomic mass is 9.78. The minimum Gasteiger partial charge on any atom is -0.461 e. The van der Waals surface area contributed by atoms with Crippen molar-refractivity contribution in [2.45, 2.75) is 71.6 Å². The summed E-state index contributed by atoms with van der Waals surface area (Å²) < 4.78 is 12.7. The van der Waals surface area contributed by atoms with E-state index in [9.17, 15) is 0 Å². The Morgan fingerprint density at radius 2 is 0.590 bits per heavy atom. The summed E-state index contributed by atoms with van der Waals surface area (Å²) in [6.07, 6.45) is 0. The van der Waals surface area contributed by atoms with Gasteiger partial charge in [-0.05, 0) is 162 Å². The van der Waals surface area contributed by atoms with Crippen LogP contribution in [-0.2, 0) is 16.2 Å². The van der Waals surface area contributed by atoms with Gasteiger partial charge in [0.15, 0.2) is 0 Å². The van der Waals surface area contributed by atoms with Crippen LogP contribution in [0.5, 0.6) is 0 Å². The Balaban J connectivity index is 1.02. The normalized spacial score (nSPS) is 15.9. The van der Waals surface area contributed by atoms with Crippen molar-refractivity contribution in [1.82, 2.24) is 0 Å². The van der Waals surface area contributed by atoms with Gasteiger partial charge in [-0.1, -0.05) is 126 Å². The van der Waals surface area contributed by atoms with E-state index >= 15 is 0 Å². The average Bonchev–Trinajstić information content (AvgIpc) is 3.96. The molecule has 0 saturated carbocycles. The second-order valence-corrected chi connectivity index (χ2v) is 19.6. The van der Waals surface area contributed by atoms with E-state index in [0.29, 0.717) is 0 Å². The Kier molecular flexibility index (Phi) is 6.56. The standard InChI is InChI=1S/C59H46O2/c1-31-53(37-21-13-15-23-51(37)60-31)41-27-49-55(35-19-11-9-17-33(35)41)43-29-45-39(25-47(43)58(49,5)6)40-26-48-44(30-46(40)57(45,3)4)56-36-20-12-10-18-34(36)42(28-50(56)59(48,7)8)54-32(2)61-52-24-16-14-22-38(52)54/h9-30H,1-8H3. The monoisotopic (exact) mass is 786 g/mol. The van der Waals surface area contributed by atoms with Crippen molar-refractivity contribution in [2.24, 2.45) is 0 Å². The van der Waals surface area contributed by atoms with Crippen molar-refractivity contribution in [3.63, 3.8) is 0 Å². The Bertz CT molecular complexity index is 3390. The van der Waals surface area contributed by atoms with E-state index < -0.39 is 0 Å². The summed E-state index contributed by atoms with van der Waals surface area (Å²) in [5.41, 5.74) is 22.8.